The van der Waals surface area contributed by atoms with Crippen LogP contribution in [0.3, 0.4) is 0 Å². The number of fused-ring (bicyclic) bond motifs is 1. The highest BCUT2D eigenvalue weighted by Gasteiger charge is 2.21. The standard InChI is InChI=1S/C18H21NO3/c1-11-16(21-3)8-12(9-17(11)22-4)15-10-19(2)18(20)14-7-5-6-13(14)15/h8-10H,5-7H2,1-4H3. The fourth-order valence-electron chi connectivity index (χ4n) is 3.31. The van der Waals surface area contributed by atoms with Gasteiger partial charge in [-0.15, -0.1) is 0 Å². The van der Waals surface area contributed by atoms with Crippen molar-refractivity contribution in [1.82, 2.24) is 4.57 Å². The Kier molecular flexibility index (Phi) is 3.69. The monoisotopic (exact) mass is 299 g/mol. The number of aryl methyl sites for hydroxylation is 1. The Morgan fingerprint density at radius 3 is 2.23 bits per heavy atom. The normalized spacial score (nSPS) is 13.1. The molecule has 1 heterocycles. The van der Waals surface area contributed by atoms with E-state index in [1.807, 2.05) is 32.3 Å². The Balaban J connectivity index is 2.27. The van der Waals surface area contributed by atoms with Crippen LogP contribution < -0.4 is 15.0 Å². The third-order valence-electron chi connectivity index (χ3n) is 4.51. The van der Waals surface area contributed by atoms with Crippen LogP contribution in [0.4, 0.5) is 0 Å². The lowest BCUT2D eigenvalue weighted by atomic mass is 9.97. The lowest BCUT2D eigenvalue weighted by molar-refractivity contribution is 0.389. The second-order valence-corrected chi connectivity index (χ2v) is 5.78. The van der Waals surface area contributed by atoms with E-state index in [-0.39, 0.29) is 5.56 Å². The van der Waals surface area contributed by atoms with Crippen LogP contribution in [0, 0.1) is 6.92 Å². The molecule has 116 valence electrons. The van der Waals surface area contributed by atoms with Gasteiger partial charge in [0.15, 0.2) is 0 Å². The molecule has 0 spiro atoms. The summed E-state index contributed by atoms with van der Waals surface area (Å²) >= 11 is 0. The molecule has 0 radical (unpaired) electrons. The van der Waals surface area contributed by atoms with Gasteiger partial charge in [0.2, 0.25) is 0 Å². The van der Waals surface area contributed by atoms with Crippen LogP contribution in [-0.4, -0.2) is 18.8 Å². The van der Waals surface area contributed by atoms with Crippen LogP contribution in [0.2, 0.25) is 0 Å². The van der Waals surface area contributed by atoms with Crippen LogP contribution in [0.15, 0.2) is 23.1 Å². The van der Waals surface area contributed by atoms with Gasteiger partial charge in [0, 0.05) is 29.9 Å². The number of methoxy groups -OCH3 is 2. The van der Waals surface area contributed by atoms with E-state index in [9.17, 15) is 4.79 Å². The average Bonchev–Trinajstić information content (AvgIpc) is 3.01. The first-order valence-electron chi connectivity index (χ1n) is 7.51. The molecular formula is C18H21NO3. The molecule has 0 aliphatic heterocycles. The maximum Gasteiger partial charge on any atom is 0.253 e. The molecule has 4 heteroatoms. The minimum atomic E-state index is 0.127. The van der Waals surface area contributed by atoms with E-state index in [0.717, 1.165) is 53.0 Å². The highest BCUT2D eigenvalue weighted by Crippen LogP contribution is 2.37. The van der Waals surface area contributed by atoms with Gasteiger partial charge in [-0.05, 0) is 49.4 Å². The van der Waals surface area contributed by atoms with E-state index in [1.165, 1.54) is 5.56 Å². The van der Waals surface area contributed by atoms with Gasteiger partial charge >= 0.3 is 0 Å². The van der Waals surface area contributed by atoms with E-state index in [2.05, 4.69) is 0 Å². The smallest absolute Gasteiger partial charge is 0.253 e. The van der Waals surface area contributed by atoms with Gasteiger partial charge in [-0.3, -0.25) is 4.79 Å². The van der Waals surface area contributed by atoms with E-state index >= 15 is 0 Å². The van der Waals surface area contributed by atoms with E-state index in [0.29, 0.717) is 0 Å². The van der Waals surface area contributed by atoms with Gasteiger partial charge in [-0.25, -0.2) is 0 Å². The number of nitrogens with zero attached hydrogens (tertiary/aromatic N) is 1. The van der Waals surface area contributed by atoms with Crippen molar-refractivity contribution in [2.75, 3.05) is 14.2 Å². The highest BCUT2D eigenvalue weighted by atomic mass is 16.5. The molecule has 2 aromatic rings. The molecule has 0 saturated carbocycles. The predicted octanol–water partition coefficient (Wildman–Crippen LogP) is 2.87. The Morgan fingerprint density at radius 2 is 1.64 bits per heavy atom. The highest BCUT2D eigenvalue weighted by molar-refractivity contribution is 5.72. The zero-order valence-electron chi connectivity index (χ0n) is 13.5. The first-order chi connectivity index (χ1) is 10.6. The van der Waals surface area contributed by atoms with Crippen molar-refractivity contribution >= 4 is 0 Å². The summed E-state index contributed by atoms with van der Waals surface area (Å²) in [5.41, 5.74) is 5.38. The van der Waals surface area contributed by atoms with Crippen molar-refractivity contribution in [2.24, 2.45) is 7.05 Å². The van der Waals surface area contributed by atoms with Gasteiger partial charge in [-0.2, -0.15) is 0 Å². The summed E-state index contributed by atoms with van der Waals surface area (Å²) in [5.74, 6) is 1.60. The number of rotatable bonds is 3. The van der Waals surface area contributed by atoms with Crippen molar-refractivity contribution in [1.29, 1.82) is 0 Å². The van der Waals surface area contributed by atoms with Gasteiger partial charge in [-0.1, -0.05) is 0 Å². The number of hydrogen-bond acceptors (Lipinski definition) is 3. The summed E-state index contributed by atoms with van der Waals surface area (Å²) in [7, 11) is 5.14. The van der Waals surface area contributed by atoms with Gasteiger partial charge < -0.3 is 14.0 Å². The first-order valence-corrected chi connectivity index (χ1v) is 7.51. The zero-order valence-corrected chi connectivity index (χ0v) is 13.5. The summed E-state index contributed by atoms with van der Waals surface area (Å²) in [6, 6.07) is 4.05. The molecule has 1 aromatic heterocycles. The number of pyridine rings is 1. The van der Waals surface area contributed by atoms with E-state index in [4.69, 9.17) is 9.47 Å². The molecule has 0 unspecified atom stereocenters. The molecular weight excluding hydrogens is 278 g/mol. The molecule has 4 nitrogen and oxygen atoms in total. The van der Waals surface area contributed by atoms with Crippen molar-refractivity contribution in [3.8, 4) is 22.6 Å². The molecule has 0 N–H and O–H groups in total. The predicted molar refractivity (Wildman–Crippen MR) is 87.0 cm³/mol. The Labute approximate surface area is 130 Å². The summed E-state index contributed by atoms with van der Waals surface area (Å²) in [6.45, 7) is 1.98. The van der Waals surface area contributed by atoms with Crippen LogP contribution in [0.25, 0.3) is 11.1 Å². The molecule has 1 aromatic carbocycles. The van der Waals surface area contributed by atoms with Crippen molar-refractivity contribution in [3.63, 3.8) is 0 Å². The SMILES string of the molecule is COc1cc(-c2cn(C)c(=O)c3c2CCC3)cc(OC)c1C. The Hall–Kier alpha value is -2.23. The summed E-state index contributed by atoms with van der Waals surface area (Å²) in [4.78, 5) is 12.3. The largest absolute Gasteiger partial charge is 0.496 e. The van der Waals surface area contributed by atoms with Crippen LogP contribution in [-0.2, 0) is 19.9 Å². The topological polar surface area (TPSA) is 40.5 Å². The molecule has 1 aliphatic carbocycles. The second-order valence-electron chi connectivity index (χ2n) is 5.78. The van der Waals surface area contributed by atoms with Gasteiger partial charge in [0.05, 0.1) is 14.2 Å². The van der Waals surface area contributed by atoms with Crippen molar-refractivity contribution in [3.05, 3.63) is 45.4 Å². The fourth-order valence-corrected chi connectivity index (χ4v) is 3.31. The minimum Gasteiger partial charge on any atom is -0.496 e. The number of hydrogen-bond donors (Lipinski definition) is 0. The molecule has 22 heavy (non-hydrogen) atoms. The molecule has 0 atom stereocenters. The second kappa shape index (κ2) is 5.52. The Morgan fingerprint density at radius 1 is 1.05 bits per heavy atom. The quantitative estimate of drug-likeness (QED) is 0.875. The molecule has 0 fully saturated rings. The third kappa shape index (κ3) is 2.19. The van der Waals surface area contributed by atoms with Crippen LogP contribution >= 0.6 is 0 Å². The average molecular weight is 299 g/mol. The minimum absolute atomic E-state index is 0.127. The molecule has 0 bridgehead atoms. The van der Waals surface area contributed by atoms with Crippen molar-refractivity contribution < 1.29 is 9.47 Å². The zero-order chi connectivity index (χ0) is 15.9. The van der Waals surface area contributed by atoms with Crippen LogP contribution in [0.5, 0.6) is 11.5 Å². The number of benzene rings is 1. The lowest BCUT2D eigenvalue weighted by Crippen LogP contribution is -2.21. The fraction of sp³-hybridized carbons (Fsp3) is 0.389. The summed E-state index contributed by atoms with van der Waals surface area (Å²) in [5, 5.41) is 0. The number of ether oxygens (including phenoxy) is 2. The number of aromatic nitrogens is 1. The van der Waals surface area contributed by atoms with Gasteiger partial charge in [0.25, 0.3) is 5.56 Å². The maximum atomic E-state index is 12.3. The molecule has 3 rings (SSSR count). The molecule has 0 amide bonds. The maximum absolute atomic E-state index is 12.3. The molecule has 1 aliphatic rings. The van der Waals surface area contributed by atoms with Crippen molar-refractivity contribution in [2.45, 2.75) is 26.2 Å². The van der Waals surface area contributed by atoms with E-state index < -0.39 is 0 Å². The Bertz CT molecular complexity index is 765. The van der Waals surface area contributed by atoms with Crippen LogP contribution in [0.1, 0.15) is 23.1 Å². The lowest BCUT2D eigenvalue weighted by Gasteiger charge is -2.15. The first kappa shape index (κ1) is 14.7. The summed E-state index contributed by atoms with van der Waals surface area (Å²) in [6.07, 6.45) is 4.80. The summed E-state index contributed by atoms with van der Waals surface area (Å²) < 4.78 is 12.6. The van der Waals surface area contributed by atoms with Gasteiger partial charge in [0.1, 0.15) is 11.5 Å². The third-order valence-corrected chi connectivity index (χ3v) is 4.51. The van der Waals surface area contributed by atoms with E-state index in [1.54, 1.807) is 18.8 Å². The molecule has 0 saturated heterocycles.